The van der Waals surface area contributed by atoms with Gasteiger partial charge in [-0.25, -0.2) is 0 Å². The highest BCUT2D eigenvalue weighted by Gasteiger charge is 2.23. The summed E-state index contributed by atoms with van der Waals surface area (Å²) in [5, 5.41) is 5.94. The van der Waals surface area contributed by atoms with Crippen LogP contribution in [0.3, 0.4) is 0 Å². The summed E-state index contributed by atoms with van der Waals surface area (Å²) in [6.07, 6.45) is 0.363. The number of nitrogens with one attached hydrogen (secondary N) is 1. The maximum Gasteiger partial charge on any atom is 0.283 e. The van der Waals surface area contributed by atoms with E-state index in [1.54, 1.807) is 28.4 Å². The number of anilines is 1. The summed E-state index contributed by atoms with van der Waals surface area (Å²) in [4.78, 5) is 13.2. The number of rotatable bonds is 10. The number of furan rings is 1. The molecule has 1 amide bonds. The van der Waals surface area contributed by atoms with Gasteiger partial charge in [-0.2, -0.15) is 4.37 Å². The number of benzene rings is 3. The third-order valence-electron chi connectivity index (χ3n) is 6.57. The molecule has 0 fully saturated rings. The number of amides is 1. The van der Waals surface area contributed by atoms with Crippen molar-refractivity contribution in [1.82, 2.24) is 4.37 Å². The summed E-state index contributed by atoms with van der Waals surface area (Å²) in [6.45, 7) is 0. The van der Waals surface area contributed by atoms with Gasteiger partial charge in [0.1, 0.15) is 17.1 Å². The fourth-order valence-corrected chi connectivity index (χ4v) is 5.26. The van der Waals surface area contributed by atoms with Crippen molar-refractivity contribution < 1.29 is 33.9 Å². The lowest BCUT2D eigenvalue weighted by Crippen LogP contribution is -2.67. The Morgan fingerprint density at radius 1 is 0.925 bits per heavy atom. The minimum atomic E-state index is -0.577. The largest absolute Gasteiger partial charge is 0.495 e. The number of nitrogens with zero attached hydrogens (tertiary/aromatic N) is 1. The molecule has 5 rings (SSSR count). The molecule has 0 saturated heterocycles. The van der Waals surface area contributed by atoms with E-state index in [1.165, 1.54) is 11.5 Å². The van der Waals surface area contributed by atoms with Crippen LogP contribution in [0, 0.1) is 0 Å². The maximum atomic E-state index is 13.2. The Balaban J connectivity index is 1.42. The molecule has 2 heterocycles. The molecule has 0 radical (unpaired) electrons. The van der Waals surface area contributed by atoms with Crippen LogP contribution in [0.2, 0.25) is 0 Å². The van der Waals surface area contributed by atoms with Crippen molar-refractivity contribution in [3.8, 4) is 45.4 Å². The monoisotopic (exact) mass is 560 g/mol. The number of para-hydroxylation sites is 1. The van der Waals surface area contributed by atoms with Crippen molar-refractivity contribution in [1.29, 1.82) is 0 Å². The predicted octanol–water partition coefficient (Wildman–Crippen LogP) is 5.05. The van der Waals surface area contributed by atoms with Crippen molar-refractivity contribution in [2.75, 3.05) is 33.8 Å². The summed E-state index contributed by atoms with van der Waals surface area (Å²) < 4.78 is 32.6. The third kappa shape index (κ3) is 5.31. The molecular weight excluding hydrogens is 530 g/mol. The van der Waals surface area contributed by atoms with Crippen LogP contribution in [0.15, 0.2) is 70.5 Å². The van der Waals surface area contributed by atoms with Gasteiger partial charge in [0.25, 0.3) is 5.91 Å². The highest BCUT2D eigenvalue weighted by atomic mass is 32.1. The van der Waals surface area contributed by atoms with Crippen LogP contribution < -0.4 is 30.0 Å². The molecule has 0 bridgehead atoms. The molecule has 3 aromatic carbocycles. The first-order valence-corrected chi connectivity index (χ1v) is 13.3. The zero-order valence-corrected chi connectivity index (χ0v) is 23.5. The number of quaternary nitrogens is 1. The minimum absolute atomic E-state index is 0.246. The summed E-state index contributed by atoms with van der Waals surface area (Å²) >= 11 is 1.33. The molecule has 4 N–H and O–H groups in total. The fraction of sp³-hybridized carbons (Fsp3) is 0.200. The lowest BCUT2D eigenvalue weighted by Gasteiger charge is -2.15. The third-order valence-corrected chi connectivity index (χ3v) is 7.20. The Hall–Kier alpha value is -4.54. The molecule has 10 heteroatoms. The van der Waals surface area contributed by atoms with E-state index in [-0.39, 0.29) is 5.91 Å². The van der Waals surface area contributed by atoms with E-state index in [1.807, 2.05) is 66.0 Å². The topological polar surface area (TPSA) is 120 Å². The summed E-state index contributed by atoms with van der Waals surface area (Å²) in [5.41, 5.74) is 8.67. The molecule has 2 aromatic heterocycles. The standard InChI is InChI=1S/C30H29N3O6S/c1-35-25-10-9-17(21-16-40-33-28(21)19-13-26(36-2)29(38-4)27(14-19)37-3)12-23(25)32-30(34)22(31)15-20-11-18-7-5-6-8-24(18)39-20/h5-14,16,22H,15,31H2,1-4H3,(H,32,34)/p+1/t22-/m0/s1. The molecule has 5 aromatic rings. The Morgan fingerprint density at radius 3 is 2.33 bits per heavy atom. The number of ether oxygens (including phenoxy) is 4. The molecule has 40 heavy (non-hydrogen) atoms. The van der Waals surface area contributed by atoms with E-state index in [0.717, 1.165) is 33.4 Å². The van der Waals surface area contributed by atoms with E-state index in [9.17, 15) is 4.79 Å². The van der Waals surface area contributed by atoms with E-state index in [0.29, 0.717) is 40.9 Å². The second kappa shape index (κ2) is 11.7. The van der Waals surface area contributed by atoms with E-state index < -0.39 is 6.04 Å². The lowest BCUT2D eigenvalue weighted by molar-refractivity contribution is -0.402. The first kappa shape index (κ1) is 27.0. The highest BCUT2D eigenvalue weighted by Crippen LogP contribution is 2.44. The van der Waals surface area contributed by atoms with Crippen molar-refractivity contribution >= 4 is 34.1 Å². The number of fused-ring (bicyclic) bond motifs is 1. The van der Waals surface area contributed by atoms with Gasteiger partial charge in [-0.1, -0.05) is 24.3 Å². The smallest absolute Gasteiger partial charge is 0.283 e. The van der Waals surface area contributed by atoms with E-state index >= 15 is 0 Å². The lowest BCUT2D eigenvalue weighted by atomic mass is 10.0. The zero-order valence-electron chi connectivity index (χ0n) is 22.6. The van der Waals surface area contributed by atoms with Gasteiger partial charge in [0.15, 0.2) is 17.5 Å². The molecular formula is C30H30N3O6S+. The van der Waals surface area contributed by atoms with Crippen LogP contribution in [0.5, 0.6) is 23.0 Å². The SMILES string of the molecule is COc1ccc(-c2csnc2-c2cc(OC)c(OC)c(OC)c2)cc1NC(=O)[C@@H]([NH3+])Cc1cc2ccccc2o1. The predicted molar refractivity (Wildman–Crippen MR) is 154 cm³/mol. The Kier molecular flexibility index (Phi) is 7.90. The van der Waals surface area contributed by atoms with Gasteiger partial charge < -0.3 is 34.4 Å². The van der Waals surface area contributed by atoms with Gasteiger partial charge >= 0.3 is 0 Å². The Morgan fingerprint density at radius 2 is 1.65 bits per heavy atom. The molecule has 0 aliphatic carbocycles. The van der Waals surface area contributed by atoms with E-state index in [4.69, 9.17) is 23.4 Å². The van der Waals surface area contributed by atoms with Gasteiger partial charge in [-0.3, -0.25) is 4.79 Å². The number of aromatic nitrogens is 1. The number of carbonyl (C=O) groups is 1. The molecule has 0 saturated carbocycles. The molecule has 0 aliphatic heterocycles. The Labute approximate surface area is 235 Å². The van der Waals surface area contributed by atoms with Gasteiger partial charge in [0.2, 0.25) is 5.75 Å². The van der Waals surface area contributed by atoms with Crippen LogP contribution in [0.4, 0.5) is 5.69 Å². The first-order chi connectivity index (χ1) is 19.4. The fourth-order valence-electron chi connectivity index (χ4n) is 4.55. The summed E-state index contributed by atoms with van der Waals surface area (Å²) in [6, 6.07) is 18.4. The second-order valence-electron chi connectivity index (χ2n) is 9.05. The number of carbonyl (C=O) groups excluding carboxylic acids is 1. The quantitative estimate of drug-likeness (QED) is 0.245. The van der Waals surface area contributed by atoms with Gasteiger partial charge in [0.05, 0.1) is 46.2 Å². The number of hydrogen-bond donors (Lipinski definition) is 2. The van der Waals surface area contributed by atoms with E-state index in [2.05, 4.69) is 15.4 Å². The maximum absolute atomic E-state index is 13.2. The van der Waals surface area contributed by atoms with Crippen molar-refractivity contribution in [2.45, 2.75) is 12.5 Å². The van der Waals surface area contributed by atoms with Crippen molar-refractivity contribution in [3.63, 3.8) is 0 Å². The van der Waals surface area contributed by atoms with Crippen LogP contribution in [-0.2, 0) is 11.2 Å². The molecule has 1 atom stereocenters. The first-order valence-electron chi connectivity index (χ1n) is 12.5. The molecule has 9 nitrogen and oxygen atoms in total. The van der Waals surface area contributed by atoms with Crippen LogP contribution >= 0.6 is 11.5 Å². The van der Waals surface area contributed by atoms with Crippen LogP contribution in [-0.4, -0.2) is 44.8 Å². The normalized spacial score (nSPS) is 11.7. The van der Waals surface area contributed by atoms with Gasteiger partial charge in [0, 0.05) is 21.9 Å². The molecule has 0 unspecified atom stereocenters. The summed E-state index contributed by atoms with van der Waals surface area (Å²) in [5.74, 6) is 2.56. The van der Waals surface area contributed by atoms with Gasteiger partial charge in [-0.05, 0) is 53.5 Å². The van der Waals surface area contributed by atoms with Crippen LogP contribution in [0.1, 0.15) is 5.76 Å². The second-order valence-corrected chi connectivity index (χ2v) is 9.68. The van der Waals surface area contributed by atoms with Gasteiger partial charge in [-0.15, -0.1) is 0 Å². The Bertz CT molecular complexity index is 1600. The number of methoxy groups -OCH3 is 4. The minimum Gasteiger partial charge on any atom is -0.495 e. The molecule has 0 aliphatic rings. The molecule has 206 valence electrons. The average molecular weight is 561 g/mol. The zero-order chi connectivity index (χ0) is 28.2. The van der Waals surface area contributed by atoms with Crippen molar-refractivity contribution in [2.24, 2.45) is 0 Å². The molecule has 0 spiro atoms. The van der Waals surface area contributed by atoms with Crippen LogP contribution in [0.25, 0.3) is 33.4 Å². The summed E-state index contributed by atoms with van der Waals surface area (Å²) in [7, 11) is 6.28. The van der Waals surface area contributed by atoms with Crippen molar-refractivity contribution in [3.05, 3.63) is 71.8 Å². The average Bonchev–Trinajstić information content (AvgIpc) is 3.63. The highest BCUT2D eigenvalue weighted by molar-refractivity contribution is 7.04. The number of hydrogen-bond acceptors (Lipinski definition) is 8.